The van der Waals surface area contributed by atoms with E-state index >= 15 is 0 Å². The lowest BCUT2D eigenvalue weighted by Crippen LogP contribution is -2.29. The average Bonchev–Trinajstić information content (AvgIpc) is 3.03. The van der Waals surface area contributed by atoms with Crippen LogP contribution in [0, 0.1) is 6.92 Å². The van der Waals surface area contributed by atoms with E-state index in [2.05, 4.69) is 15.9 Å². The van der Waals surface area contributed by atoms with Gasteiger partial charge in [0.25, 0.3) is 5.91 Å². The number of rotatable bonds is 3. The van der Waals surface area contributed by atoms with E-state index in [1.807, 2.05) is 49.4 Å². The molecular formula is C25H17BrClNO3. The molecule has 1 aliphatic heterocycles. The van der Waals surface area contributed by atoms with Crippen molar-refractivity contribution in [2.24, 2.45) is 0 Å². The fraction of sp³-hybridized carbons (Fsp3) is 0.120. The largest absolute Gasteiger partial charge is 0.450 e. The Kier molecular flexibility index (Phi) is 4.95. The first kappa shape index (κ1) is 20.0. The minimum absolute atomic E-state index is 0.0949. The van der Waals surface area contributed by atoms with Crippen molar-refractivity contribution in [1.82, 2.24) is 4.90 Å². The Balaban J connectivity index is 1.74. The summed E-state index contributed by atoms with van der Waals surface area (Å²) in [7, 11) is 0. The predicted octanol–water partition coefficient (Wildman–Crippen LogP) is 6.26. The molecule has 1 amide bonds. The van der Waals surface area contributed by atoms with E-state index in [-0.39, 0.29) is 23.6 Å². The van der Waals surface area contributed by atoms with Gasteiger partial charge in [-0.05, 0) is 42.3 Å². The van der Waals surface area contributed by atoms with Crippen LogP contribution in [0.25, 0.3) is 11.0 Å². The molecule has 2 heterocycles. The third-order valence-electron chi connectivity index (χ3n) is 5.62. The first-order valence-electron chi connectivity index (χ1n) is 9.81. The maximum absolute atomic E-state index is 13.5. The number of benzene rings is 3. The van der Waals surface area contributed by atoms with Crippen LogP contribution in [-0.4, -0.2) is 10.8 Å². The molecule has 0 saturated carbocycles. The summed E-state index contributed by atoms with van der Waals surface area (Å²) in [6, 6.07) is 19.9. The van der Waals surface area contributed by atoms with Gasteiger partial charge >= 0.3 is 0 Å². The summed E-state index contributed by atoms with van der Waals surface area (Å²) in [5, 5.41) is 1.01. The van der Waals surface area contributed by atoms with Crippen LogP contribution in [0.15, 0.2) is 80.4 Å². The fourth-order valence-corrected chi connectivity index (χ4v) is 4.62. The van der Waals surface area contributed by atoms with Crippen LogP contribution in [0.2, 0.25) is 5.02 Å². The molecule has 0 N–H and O–H groups in total. The van der Waals surface area contributed by atoms with E-state index in [4.69, 9.17) is 16.0 Å². The smallest absolute Gasteiger partial charge is 0.291 e. The van der Waals surface area contributed by atoms with Crippen molar-refractivity contribution in [2.75, 3.05) is 0 Å². The Morgan fingerprint density at radius 3 is 2.52 bits per heavy atom. The van der Waals surface area contributed by atoms with Crippen LogP contribution in [0.1, 0.15) is 38.9 Å². The van der Waals surface area contributed by atoms with Gasteiger partial charge in [-0.3, -0.25) is 9.59 Å². The van der Waals surface area contributed by atoms with Crippen LogP contribution < -0.4 is 5.43 Å². The number of fused-ring (bicyclic) bond motifs is 2. The minimum atomic E-state index is -0.556. The molecule has 0 aliphatic carbocycles. The summed E-state index contributed by atoms with van der Waals surface area (Å²) in [6.07, 6.45) is 0. The van der Waals surface area contributed by atoms with Crippen molar-refractivity contribution >= 4 is 44.4 Å². The topological polar surface area (TPSA) is 50.5 Å². The maximum atomic E-state index is 13.5. The molecule has 1 aromatic heterocycles. The first-order valence-corrected chi connectivity index (χ1v) is 11.0. The lowest BCUT2D eigenvalue weighted by molar-refractivity contribution is 0.0714. The summed E-state index contributed by atoms with van der Waals surface area (Å²) in [4.78, 5) is 28.7. The van der Waals surface area contributed by atoms with Crippen LogP contribution in [0.3, 0.4) is 0 Å². The number of hydrogen-bond donors (Lipinski definition) is 0. The van der Waals surface area contributed by atoms with Crippen molar-refractivity contribution in [3.05, 3.63) is 114 Å². The quantitative estimate of drug-likeness (QED) is 0.338. The lowest BCUT2D eigenvalue weighted by atomic mass is 9.97. The van der Waals surface area contributed by atoms with Gasteiger partial charge in [-0.2, -0.15) is 0 Å². The molecule has 4 aromatic rings. The van der Waals surface area contributed by atoms with Crippen LogP contribution in [0.5, 0.6) is 0 Å². The Morgan fingerprint density at radius 1 is 1.03 bits per heavy atom. The number of halogens is 2. The molecule has 1 aliphatic rings. The SMILES string of the molecule is Cc1ccc([C@H]2c3c(oc4ccc(Br)cc4c3=O)C(=O)N2Cc2ccccc2Cl)cc1. The summed E-state index contributed by atoms with van der Waals surface area (Å²) in [5.74, 6) is -0.222. The molecule has 0 radical (unpaired) electrons. The summed E-state index contributed by atoms with van der Waals surface area (Å²) in [6.45, 7) is 2.26. The fourth-order valence-electron chi connectivity index (χ4n) is 4.06. The van der Waals surface area contributed by atoms with Crippen LogP contribution in [-0.2, 0) is 6.54 Å². The summed E-state index contributed by atoms with van der Waals surface area (Å²) < 4.78 is 6.76. The monoisotopic (exact) mass is 493 g/mol. The average molecular weight is 495 g/mol. The zero-order valence-electron chi connectivity index (χ0n) is 16.6. The van der Waals surface area contributed by atoms with E-state index in [9.17, 15) is 9.59 Å². The third kappa shape index (κ3) is 3.38. The van der Waals surface area contributed by atoms with Gasteiger partial charge in [-0.15, -0.1) is 0 Å². The molecule has 0 saturated heterocycles. The van der Waals surface area contributed by atoms with Gasteiger partial charge in [-0.1, -0.05) is 75.6 Å². The molecule has 154 valence electrons. The van der Waals surface area contributed by atoms with Gasteiger partial charge in [0, 0.05) is 16.0 Å². The lowest BCUT2D eigenvalue weighted by Gasteiger charge is -2.25. The number of amides is 1. The standard InChI is InChI=1S/C25H17BrClNO3/c1-14-6-8-15(9-7-14)22-21-23(29)18-12-17(26)10-11-20(18)31-24(21)25(30)28(22)13-16-4-2-3-5-19(16)27/h2-12,22H,13H2,1H3/t22-/m0/s1. The molecule has 4 nitrogen and oxygen atoms in total. The normalized spacial score (nSPS) is 15.5. The van der Waals surface area contributed by atoms with Gasteiger partial charge in [-0.25, -0.2) is 0 Å². The zero-order chi connectivity index (χ0) is 21.7. The summed E-state index contributed by atoms with van der Waals surface area (Å²) in [5.41, 5.74) is 3.32. The van der Waals surface area contributed by atoms with Gasteiger partial charge in [0.1, 0.15) is 5.58 Å². The first-order chi connectivity index (χ1) is 14.9. The van der Waals surface area contributed by atoms with Gasteiger partial charge in [0.15, 0.2) is 5.43 Å². The number of hydrogen-bond acceptors (Lipinski definition) is 3. The summed E-state index contributed by atoms with van der Waals surface area (Å²) >= 11 is 9.80. The van der Waals surface area contributed by atoms with Crippen molar-refractivity contribution in [2.45, 2.75) is 19.5 Å². The Labute approximate surface area is 192 Å². The molecule has 1 atom stereocenters. The van der Waals surface area contributed by atoms with E-state index < -0.39 is 6.04 Å². The highest BCUT2D eigenvalue weighted by Gasteiger charge is 2.42. The zero-order valence-corrected chi connectivity index (χ0v) is 18.9. The second-order valence-electron chi connectivity index (χ2n) is 7.65. The number of aryl methyl sites for hydroxylation is 1. The molecule has 5 rings (SSSR count). The van der Waals surface area contributed by atoms with Gasteiger partial charge in [0.05, 0.1) is 17.0 Å². The molecule has 6 heteroatoms. The minimum Gasteiger partial charge on any atom is -0.450 e. The van der Waals surface area contributed by atoms with Gasteiger partial charge < -0.3 is 9.32 Å². The Hall–Kier alpha value is -2.89. The second-order valence-corrected chi connectivity index (χ2v) is 8.98. The highest BCUT2D eigenvalue weighted by molar-refractivity contribution is 9.10. The van der Waals surface area contributed by atoms with Crippen molar-refractivity contribution in [3.8, 4) is 0 Å². The third-order valence-corrected chi connectivity index (χ3v) is 6.48. The second kappa shape index (κ2) is 7.66. The number of carbonyl (C=O) groups excluding carboxylic acids is 1. The van der Waals surface area contributed by atoms with E-state index in [0.717, 1.165) is 21.2 Å². The number of nitrogens with zero attached hydrogens (tertiary/aromatic N) is 1. The van der Waals surface area contributed by atoms with Crippen molar-refractivity contribution in [1.29, 1.82) is 0 Å². The molecule has 0 spiro atoms. The van der Waals surface area contributed by atoms with E-state index in [1.54, 1.807) is 29.2 Å². The Morgan fingerprint density at radius 2 is 1.77 bits per heavy atom. The van der Waals surface area contributed by atoms with Crippen LogP contribution >= 0.6 is 27.5 Å². The van der Waals surface area contributed by atoms with Gasteiger partial charge in [0.2, 0.25) is 5.76 Å². The predicted molar refractivity (Wildman–Crippen MR) is 125 cm³/mol. The van der Waals surface area contributed by atoms with E-state index in [1.165, 1.54) is 0 Å². The highest BCUT2D eigenvalue weighted by atomic mass is 79.9. The van der Waals surface area contributed by atoms with E-state index in [0.29, 0.717) is 21.6 Å². The van der Waals surface area contributed by atoms with Crippen LogP contribution in [0.4, 0.5) is 0 Å². The number of carbonyl (C=O) groups is 1. The highest BCUT2D eigenvalue weighted by Crippen LogP contribution is 2.40. The molecule has 31 heavy (non-hydrogen) atoms. The molecule has 0 fully saturated rings. The molecule has 3 aromatic carbocycles. The van der Waals surface area contributed by atoms with Crippen molar-refractivity contribution < 1.29 is 9.21 Å². The Bertz CT molecular complexity index is 1390. The maximum Gasteiger partial charge on any atom is 0.291 e. The van der Waals surface area contributed by atoms with Crippen molar-refractivity contribution in [3.63, 3.8) is 0 Å². The molecule has 0 bridgehead atoms. The molecule has 0 unspecified atom stereocenters. The molecular weight excluding hydrogens is 478 g/mol.